The van der Waals surface area contributed by atoms with Gasteiger partial charge in [0.15, 0.2) is 5.58 Å². The van der Waals surface area contributed by atoms with Gasteiger partial charge in [0, 0.05) is 11.8 Å². The van der Waals surface area contributed by atoms with Crippen LogP contribution in [0.5, 0.6) is 0 Å². The SMILES string of the molecule is Nc1ccc2oc(S(=O)Cc3cc(F)cc(F)c3)nc2c1. The lowest BCUT2D eigenvalue weighted by Crippen LogP contribution is -1.98. The number of nitrogens with zero attached hydrogens (tertiary/aromatic N) is 1. The first-order valence-corrected chi connectivity index (χ1v) is 7.32. The molecule has 2 N–H and O–H groups in total. The van der Waals surface area contributed by atoms with Gasteiger partial charge in [-0.3, -0.25) is 0 Å². The molecule has 1 aromatic heterocycles. The second-order valence-electron chi connectivity index (χ2n) is 4.47. The van der Waals surface area contributed by atoms with Crippen LogP contribution in [0.25, 0.3) is 11.1 Å². The predicted octanol–water partition coefficient (Wildman–Crippen LogP) is 3.00. The molecule has 108 valence electrons. The molecule has 4 nitrogen and oxygen atoms in total. The highest BCUT2D eigenvalue weighted by atomic mass is 32.2. The van der Waals surface area contributed by atoms with Crippen LogP contribution in [0.2, 0.25) is 0 Å². The van der Waals surface area contributed by atoms with E-state index in [1.165, 1.54) is 0 Å². The largest absolute Gasteiger partial charge is 0.430 e. The van der Waals surface area contributed by atoms with Crippen LogP contribution in [0.1, 0.15) is 5.56 Å². The molecule has 0 amide bonds. The topological polar surface area (TPSA) is 69.1 Å². The van der Waals surface area contributed by atoms with Crippen LogP contribution in [-0.4, -0.2) is 9.19 Å². The standard InChI is InChI=1S/C14H10F2N2O2S/c15-9-3-8(4-10(16)5-9)7-21(19)14-18-12-6-11(17)1-2-13(12)20-14/h1-6H,7,17H2. The molecule has 1 heterocycles. The third-order valence-electron chi connectivity index (χ3n) is 2.81. The third-order valence-corrected chi connectivity index (χ3v) is 3.97. The van der Waals surface area contributed by atoms with Gasteiger partial charge in [-0.2, -0.15) is 0 Å². The van der Waals surface area contributed by atoms with E-state index in [2.05, 4.69) is 4.98 Å². The average molecular weight is 308 g/mol. The monoisotopic (exact) mass is 308 g/mol. The lowest BCUT2D eigenvalue weighted by molar-refractivity contribution is 0.477. The van der Waals surface area contributed by atoms with E-state index < -0.39 is 22.4 Å². The summed E-state index contributed by atoms with van der Waals surface area (Å²) in [6.45, 7) is 0. The van der Waals surface area contributed by atoms with Crippen LogP contribution in [0.3, 0.4) is 0 Å². The molecule has 0 saturated heterocycles. The van der Waals surface area contributed by atoms with Gasteiger partial charge in [-0.1, -0.05) is 0 Å². The van der Waals surface area contributed by atoms with Crippen molar-refractivity contribution >= 4 is 27.6 Å². The summed E-state index contributed by atoms with van der Waals surface area (Å²) in [6, 6.07) is 7.88. The zero-order chi connectivity index (χ0) is 15.0. The number of nitrogens with two attached hydrogens (primary N) is 1. The summed E-state index contributed by atoms with van der Waals surface area (Å²) >= 11 is 0. The molecule has 3 rings (SSSR count). The van der Waals surface area contributed by atoms with Gasteiger partial charge < -0.3 is 10.2 Å². The van der Waals surface area contributed by atoms with Crippen molar-refractivity contribution in [2.24, 2.45) is 0 Å². The summed E-state index contributed by atoms with van der Waals surface area (Å²) in [5.74, 6) is -1.52. The molecule has 1 atom stereocenters. The van der Waals surface area contributed by atoms with E-state index in [9.17, 15) is 13.0 Å². The van der Waals surface area contributed by atoms with Crippen molar-refractivity contribution in [2.75, 3.05) is 5.73 Å². The van der Waals surface area contributed by atoms with E-state index in [4.69, 9.17) is 10.2 Å². The maximum absolute atomic E-state index is 13.1. The number of benzene rings is 2. The van der Waals surface area contributed by atoms with E-state index in [1.807, 2.05) is 0 Å². The Hall–Kier alpha value is -2.28. The smallest absolute Gasteiger partial charge is 0.288 e. The summed E-state index contributed by atoms with van der Waals surface area (Å²) in [6.07, 6.45) is 0. The maximum atomic E-state index is 13.1. The number of halogens is 2. The second kappa shape index (κ2) is 5.25. The Bertz CT molecular complexity index is 828. The zero-order valence-electron chi connectivity index (χ0n) is 10.7. The Kier molecular flexibility index (Phi) is 3.42. The maximum Gasteiger partial charge on any atom is 0.288 e. The molecule has 0 saturated carbocycles. The van der Waals surface area contributed by atoms with Crippen molar-refractivity contribution < 1.29 is 17.4 Å². The molecule has 2 aromatic carbocycles. The molecule has 0 fully saturated rings. The molecule has 0 spiro atoms. The van der Waals surface area contributed by atoms with Crippen LogP contribution >= 0.6 is 0 Å². The Morgan fingerprint density at radius 2 is 1.86 bits per heavy atom. The van der Waals surface area contributed by atoms with Crippen molar-refractivity contribution in [2.45, 2.75) is 11.0 Å². The highest BCUT2D eigenvalue weighted by molar-refractivity contribution is 7.84. The minimum atomic E-state index is -1.64. The Morgan fingerprint density at radius 3 is 2.57 bits per heavy atom. The highest BCUT2D eigenvalue weighted by Crippen LogP contribution is 2.22. The summed E-state index contributed by atoms with van der Waals surface area (Å²) in [5, 5.41) is 0.000249. The fourth-order valence-electron chi connectivity index (χ4n) is 1.93. The lowest BCUT2D eigenvalue weighted by Gasteiger charge is -2.00. The summed E-state index contributed by atoms with van der Waals surface area (Å²) in [4.78, 5) is 4.08. The molecular formula is C14H10F2N2O2S. The van der Waals surface area contributed by atoms with Crippen LogP contribution in [0.15, 0.2) is 46.0 Å². The minimum Gasteiger partial charge on any atom is -0.430 e. The zero-order valence-corrected chi connectivity index (χ0v) is 11.5. The average Bonchev–Trinajstić information content (AvgIpc) is 2.80. The van der Waals surface area contributed by atoms with E-state index in [-0.39, 0.29) is 16.5 Å². The fraction of sp³-hybridized carbons (Fsp3) is 0.0714. The Labute approximate surface area is 121 Å². The summed E-state index contributed by atoms with van der Waals surface area (Å²) in [7, 11) is -1.64. The summed E-state index contributed by atoms with van der Waals surface area (Å²) < 4.78 is 43.7. The van der Waals surface area contributed by atoms with Crippen LogP contribution in [0.4, 0.5) is 14.5 Å². The molecule has 0 radical (unpaired) electrons. The Balaban J connectivity index is 1.89. The molecule has 21 heavy (non-hydrogen) atoms. The van der Waals surface area contributed by atoms with Gasteiger partial charge in [0.2, 0.25) is 0 Å². The molecular weight excluding hydrogens is 298 g/mol. The van der Waals surface area contributed by atoms with E-state index in [0.29, 0.717) is 16.8 Å². The summed E-state index contributed by atoms with van der Waals surface area (Å²) in [5.41, 5.74) is 7.36. The lowest BCUT2D eigenvalue weighted by atomic mass is 10.2. The molecule has 0 aliphatic rings. The first-order valence-electron chi connectivity index (χ1n) is 6.01. The number of aromatic nitrogens is 1. The normalized spacial score (nSPS) is 12.7. The van der Waals surface area contributed by atoms with Crippen molar-refractivity contribution in [3.05, 3.63) is 53.6 Å². The van der Waals surface area contributed by atoms with E-state index in [1.54, 1.807) is 18.2 Å². The van der Waals surface area contributed by atoms with Crippen LogP contribution < -0.4 is 5.73 Å². The molecule has 0 aliphatic carbocycles. The second-order valence-corrected chi connectivity index (χ2v) is 5.80. The third kappa shape index (κ3) is 2.92. The Morgan fingerprint density at radius 1 is 1.14 bits per heavy atom. The highest BCUT2D eigenvalue weighted by Gasteiger charge is 2.14. The van der Waals surface area contributed by atoms with Gasteiger partial charge in [0.05, 0.1) is 5.75 Å². The number of rotatable bonds is 3. The van der Waals surface area contributed by atoms with Gasteiger partial charge in [0.1, 0.15) is 28.0 Å². The van der Waals surface area contributed by atoms with Gasteiger partial charge in [-0.15, -0.1) is 0 Å². The predicted molar refractivity (Wildman–Crippen MR) is 74.9 cm³/mol. The molecule has 0 aliphatic heterocycles. The van der Waals surface area contributed by atoms with Gasteiger partial charge in [-0.05, 0) is 35.9 Å². The first kappa shape index (κ1) is 13.7. The molecule has 3 aromatic rings. The van der Waals surface area contributed by atoms with Crippen molar-refractivity contribution in [1.29, 1.82) is 0 Å². The van der Waals surface area contributed by atoms with Crippen molar-refractivity contribution in [1.82, 2.24) is 4.98 Å². The number of fused-ring (bicyclic) bond motifs is 1. The fourth-order valence-corrected chi connectivity index (χ4v) is 2.90. The number of hydrogen-bond donors (Lipinski definition) is 1. The van der Waals surface area contributed by atoms with Gasteiger partial charge in [0.25, 0.3) is 5.22 Å². The number of oxazole rings is 1. The number of anilines is 1. The first-order chi connectivity index (χ1) is 10.0. The van der Waals surface area contributed by atoms with Gasteiger partial charge in [-0.25, -0.2) is 18.0 Å². The number of nitrogen functional groups attached to an aromatic ring is 1. The van der Waals surface area contributed by atoms with E-state index in [0.717, 1.165) is 18.2 Å². The van der Waals surface area contributed by atoms with Crippen molar-refractivity contribution in [3.63, 3.8) is 0 Å². The molecule has 7 heteroatoms. The number of hydrogen-bond acceptors (Lipinski definition) is 4. The van der Waals surface area contributed by atoms with Crippen molar-refractivity contribution in [3.8, 4) is 0 Å². The van der Waals surface area contributed by atoms with Crippen LogP contribution in [-0.2, 0) is 16.6 Å². The molecule has 1 unspecified atom stereocenters. The molecule has 0 bridgehead atoms. The van der Waals surface area contributed by atoms with Crippen LogP contribution in [0, 0.1) is 11.6 Å². The van der Waals surface area contributed by atoms with Gasteiger partial charge >= 0.3 is 0 Å². The van der Waals surface area contributed by atoms with E-state index >= 15 is 0 Å². The quantitative estimate of drug-likeness (QED) is 0.755. The minimum absolute atomic E-state index is 0.000249.